The number of nitrogens with two attached hydrogens (primary N) is 1. The Morgan fingerprint density at radius 3 is 2.58 bits per heavy atom. The van der Waals surface area contributed by atoms with Gasteiger partial charge >= 0.3 is 0 Å². The second-order valence-corrected chi connectivity index (χ2v) is 4.92. The summed E-state index contributed by atoms with van der Waals surface area (Å²) in [4.78, 5) is 12.0. The first-order valence-corrected chi connectivity index (χ1v) is 6.25. The summed E-state index contributed by atoms with van der Waals surface area (Å²) >= 11 is 11.8. The topological polar surface area (TPSA) is 43.1 Å². The third-order valence-electron chi connectivity index (χ3n) is 2.68. The Kier molecular flexibility index (Phi) is 4.08. The summed E-state index contributed by atoms with van der Waals surface area (Å²) in [5.41, 5.74) is 6.23. The van der Waals surface area contributed by atoms with E-state index in [-0.39, 0.29) is 23.5 Å². The number of rotatable bonds is 3. The maximum absolute atomic E-state index is 13.3. The molecule has 0 aliphatic rings. The average Bonchev–Trinajstić information content (AvgIpc) is 2.37. The summed E-state index contributed by atoms with van der Waals surface area (Å²) in [6, 6.07) is 8.85. The summed E-state index contributed by atoms with van der Waals surface area (Å²) in [5, 5.41) is 0.948. The van der Waals surface area contributed by atoms with Gasteiger partial charge in [0.05, 0.1) is 5.69 Å². The molecule has 0 spiro atoms. The first kappa shape index (κ1) is 13.8. The van der Waals surface area contributed by atoms with E-state index >= 15 is 0 Å². The molecule has 2 rings (SSSR count). The average molecular weight is 298 g/mol. The van der Waals surface area contributed by atoms with Crippen LogP contribution in [0, 0.1) is 5.82 Å². The van der Waals surface area contributed by atoms with E-state index in [1.54, 1.807) is 18.2 Å². The first-order chi connectivity index (χ1) is 8.97. The van der Waals surface area contributed by atoms with Crippen molar-refractivity contribution < 1.29 is 9.18 Å². The highest BCUT2D eigenvalue weighted by Gasteiger charge is 2.12. The summed E-state index contributed by atoms with van der Waals surface area (Å²) in [6.07, 6.45) is 0.0583. The van der Waals surface area contributed by atoms with Crippen molar-refractivity contribution >= 4 is 34.7 Å². The van der Waals surface area contributed by atoms with Gasteiger partial charge in [-0.1, -0.05) is 23.2 Å². The third-order valence-corrected chi connectivity index (χ3v) is 3.29. The summed E-state index contributed by atoms with van der Waals surface area (Å²) in [7, 11) is 0. The lowest BCUT2D eigenvalue weighted by Crippen LogP contribution is -2.05. The van der Waals surface area contributed by atoms with Crippen molar-refractivity contribution in [3.63, 3.8) is 0 Å². The van der Waals surface area contributed by atoms with Gasteiger partial charge in [-0.05, 0) is 42.0 Å². The third kappa shape index (κ3) is 3.25. The van der Waals surface area contributed by atoms with Gasteiger partial charge in [-0.15, -0.1) is 0 Å². The van der Waals surface area contributed by atoms with E-state index in [1.165, 1.54) is 12.1 Å². The van der Waals surface area contributed by atoms with E-state index in [1.807, 2.05) is 0 Å². The van der Waals surface area contributed by atoms with E-state index < -0.39 is 5.82 Å². The number of anilines is 1. The molecule has 0 aliphatic carbocycles. The zero-order valence-corrected chi connectivity index (χ0v) is 11.3. The molecule has 0 saturated carbocycles. The largest absolute Gasteiger partial charge is 0.396 e. The van der Waals surface area contributed by atoms with Crippen LogP contribution in [0.3, 0.4) is 0 Å². The minimum Gasteiger partial charge on any atom is -0.396 e. The molecule has 0 saturated heterocycles. The molecule has 0 aromatic heterocycles. The highest BCUT2D eigenvalue weighted by atomic mass is 35.5. The monoisotopic (exact) mass is 297 g/mol. The van der Waals surface area contributed by atoms with Crippen LogP contribution in [0.5, 0.6) is 0 Å². The van der Waals surface area contributed by atoms with Crippen molar-refractivity contribution in [2.75, 3.05) is 5.73 Å². The molecule has 0 heterocycles. The number of carbonyl (C=O) groups is 1. The van der Waals surface area contributed by atoms with Crippen LogP contribution in [0.2, 0.25) is 10.0 Å². The van der Waals surface area contributed by atoms with Crippen molar-refractivity contribution in [3.05, 3.63) is 63.4 Å². The van der Waals surface area contributed by atoms with Gasteiger partial charge in [-0.3, -0.25) is 4.79 Å². The molecule has 0 atom stereocenters. The van der Waals surface area contributed by atoms with Crippen LogP contribution in [-0.4, -0.2) is 5.78 Å². The van der Waals surface area contributed by atoms with E-state index in [0.717, 1.165) is 6.07 Å². The molecule has 98 valence electrons. The van der Waals surface area contributed by atoms with Crippen molar-refractivity contribution in [3.8, 4) is 0 Å². The quantitative estimate of drug-likeness (QED) is 0.683. The second-order valence-electron chi connectivity index (χ2n) is 4.07. The van der Waals surface area contributed by atoms with Crippen LogP contribution in [0.15, 0.2) is 36.4 Å². The summed E-state index contributed by atoms with van der Waals surface area (Å²) < 4.78 is 13.3. The molecule has 0 bridgehead atoms. The van der Waals surface area contributed by atoms with E-state index in [0.29, 0.717) is 15.6 Å². The Labute approximate surface area is 119 Å². The normalized spacial score (nSPS) is 10.5. The zero-order chi connectivity index (χ0) is 14.0. The fourth-order valence-electron chi connectivity index (χ4n) is 1.65. The van der Waals surface area contributed by atoms with Gasteiger partial charge < -0.3 is 5.73 Å². The van der Waals surface area contributed by atoms with Crippen molar-refractivity contribution in [2.24, 2.45) is 0 Å². The molecule has 0 aliphatic heterocycles. The van der Waals surface area contributed by atoms with E-state index in [9.17, 15) is 9.18 Å². The Bertz CT molecular complexity index is 643. The van der Waals surface area contributed by atoms with Crippen molar-refractivity contribution in [1.29, 1.82) is 0 Å². The number of ketones is 1. The lowest BCUT2D eigenvalue weighted by atomic mass is 10.0. The van der Waals surface area contributed by atoms with Gasteiger partial charge in [0, 0.05) is 22.0 Å². The molecule has 0 unspecified atom stereocenters. The lowest BCUT2D eigenvalue weighted by molar-refractivity contribution is 0.0992. The second kappa shape index (κ2) is 5.59. The molecule has 0 amide bonds. The fourth-order valence-corrected chi connectivity index (χ4v) is 2.03. The molecule has 0 radical (unpaired) electrons. The SMILES string of the molecule is Nc1ccc(C(=O)Cc2cc(Cl)ccc2Cl)cc1F. The van der Waals surface area contributed by atoms with Crippen LogP contribution < -0.4 is 5.73 Å². The predicted molar refractivity (Wildman–Crippen MR) is 75.3 cm³/mol. The highest BCUT2D eigenvalue weighted by Crippen LogP contribution is 2.22. The first-order valence-electron chi connectivity index (χ1n) is 5.49. The summed E-state index contributed by atoms with van der Waals surface area (Å²) in [5.74, 6) is -0.855. The Balaban J connectivity index is 2.25. The maximum atomic E-state index is 13.3. The predicted octanol–water partition coefficient (Wildman–Crippen LogP) is 4.14. The molecule has 2 N–H and O–H groups in total. The van der Waals surface area contributed by atoms with Crippen LogP contribution in [0.1, 0.15) is 15.9 Å². The van der Waals surface area contributed by atoms with Crippen molar-refractivity contribution in [2.45, 2.75) is 6.42 Å². The van der Waals surface area contributed by atoms with E-state index in [2.05, 4.69) is 0 Å². The molecule has 5 heteroatoms. The van der Waals surface area contributed by atoms with Crippen LogP contribution in [0.25, 0.3) is 0 Å². The fraction of sp³-hybridized carbons (Fsp3) is 0.0714. The number of benzene rings is 2. The Morgan fingerprint density at radius 2 is 1.89 bits per heavy atom. The number of carbonyl (C=O) groups excluding carboxylic acids is 1. The van der Waals surface area contributed by atoms with Gasteiger partial charge in [0.2, 0.25) is 0 Å². The Hall–Kier alpha value is -1.58. The minimum atomic E-state index is -0.608. The van der Waals surface area contributed by atoms with Gasteiger partial charge in [0.1, 0.15) is 5.82 Å². The van der Waals surface area contributed by atoms with Crippen LogP contribution in [0.4, 0.5) is 10.1 Å². The smallest absolute Gasteiger partial charge is 0.167 e. The van der Waals surface area contributed by atoms with Crippen molar-refractivity contribution in [1.82, 2.24) is 0 Å². The number of hydrogen-bond acceptors (Lipinski definition) is 2. The minimum absolute atomic E-state index is 0.0114. The van der Waals surface area contributed by atoms with Crippen LogP contribution in [-0.2, 0) is 6.42 Å². The highest BCUT2D eigenvalue weighted by molar-refractivity contribution is 6.33. The number of Topliss-reactive ketones (excluding diaryl/α,β-unsaturated/α-hetero) is 1. The Morgan fingerprint density at radius 1 is 1.16 bits per heavy atom. The van der Waals surface area contributed by atoms with Gasteiger partial charge in [-0.2, -0.15) is 0 Å². The molecule has 2 nitrogen and oxygen atoms in total. The maximum Gasteiger partial charge on any atom is 0.167 e. The van der Waals surface area contributed by atoms with Crippen LogP contribution >= 0.6 is 23.2 Å². The standard InChI is InChI=1S/C14H10Cl2FNO/c15-10-2-3-11(16)9(5-10)7-14(19)8-1-4-13(18)12(17)6-8/h1-6H,7,18H2. The van der Waals surface area contributed by atoms with Gasteiger partial charge in [-0.25, -0.2) is 4.39 Å². The molecule has 2 aromatic carbocycles. The number of hydrogen-bond donors (Lipinski definition) is 1. The van der Waals surface area contributed by atoms with Gasteiger partial charge in [0.15, 0.2) is 5.78 Å². The molecular weight excluding hydrogens is 288 g/mol. The number of halogens is 3. The number of nitrogen functional groups attached to an aromatic ring is 1. The summed E-state index contributed by atoms with van der Waals surface area (Å²) in [6.45, 7) is 0. The molecule has 19 heavy (non-hydrogen) atoms. The molecular formula is C14H10Cl2FNO. The van der Waals surface area contributed by atoms with E-state index in [4.69, 9.17) is 28.9 Å². The van der Waals surface area contributed by atoms with Gasteiger partial charge in [0.25, 0.3) is 0 Å². The lowest BCUT2D eigenvalue weighted by Gasteiger charge is -2.05. The zero-order valence-electron chi connectivity index (χ0n) is 9.79. The molecule has 0 fully saturated rings. The molecule has 2 aromatic rings.